The van der Waals surface area contributed by atoms with Crippen molar-refractivity contribution in [1.29, 1.82) is 0 Å². The summed E-state index contributed by atoms with van der Waals surface area (Å²) in [7, 11) is 3.19. The van der Waals surface area contributed by atoms with E-state index in [0.29, 0.717) is 35.2 Å². The smallest absolute Gasteiger partial charge is 0.253 e. The zero-order valence-corrected chi connectivity index (χ0v) is 16.0. The number of hydrogen-bond donors (Lipinski definition) is 1. The molecule has 0 saturated heterocycles. The lowest BCUT2D eigenvalue weighted by molar-refractivity contribution is -0.131. The molecule has 27 heavy (non-hydrogen) atoms. The molecule has 0 saturated carbocycles. The van der Waals surface area contributed by atoms with Crippen LogP contribution < -0.4 is 14.8 Å². The number of rotatable bonds is 5. The number of nitrogens with zero attached hydrogens (tertiary/aromatic N) is 1. The fourth-order valence-corrected chi connectivity index (χ4v) is 3.33. The molecule has 0 atom stereocenters. The van der Waals surface area contributed by atoms with E-state index in [1.807, 2.05) is 12.1 Å². The summed E-state index contributed by atoms with van der Waals surface area (Å²) in [6.45, 7) is 0.979. The van der Waals surface area contributed by atoms with Gasteiger partial charge in [0.25, 0.3) is 5.91 Å². The van der Waals surface area contributed by atoms with Crippen LogP contribution in [0, 0.1) is 0 Å². The van der Waals surface area contributed by atoms with Crippen molar-refractivity contribution in [1.82, 2.24) is 10.2 Å². The van der Waals surface area contributed by atoms with Crippen LogP contribution in [0.1, 0.15) is 21.5 Å². The maximum Gasteiger partial charge on any atom is 0.253 e. The van der Waals surface area contributed by atoms with Crippen molar-refractivity contribution in [3.63, 3.8) is 0 Å². The minimum Gasteiger partial charge on any atom is -0.493 e. The number of carbonyl (C=O) groups is 2. The number of halogens is 1. The minimum atomic E-state index is -0.363. The average Bonchev–Trinajstić information content (AvgIpc) is 2.70. The third kappa shape index (κ3) is 4.17. The second kappa shape index (κ2) is 8.31. The zero-order chi connectivity index (χ0) is 19.4. The van der Waals surface area contributed by atoms with Crippen LogP contribution in [-0.2, 0) is 17.8 Å². The molecule has 0 fully saturated rings. The molecule has 2 aromatic rings. The fourth-order valence-electron chi connectivity index (χ4n) is 3.10. The predicted molar refractivity (Wildman–Crippen MR) is 102 cm³/mol. The van der Waals surface area contributed by atoms with E-state index in [2.05, 4.69) is 5.32 Å². The van der Waals surface area contributed by atoms with Gasteiger partial charge in [-0.3, -0.25) is 9.59 Å². The molecule has 1 N–H and O–H groups in total. The van der Waals surface area contributed by atoms with Crippen molar-refractivity contribution < 1.29 is 19.1 Å². The molecule has 1 aliphatic rings. The number of carbonyl (C=O) groups excluding carboxylic acids is 2. The molecule has 3 rings (SSSR count). The van der Waals surface area contributed by atoms with Crippen LogP contribution in [0.2, 0.25) is 5.02 Å². The van der Waals surface area contributed by atoms with Gasteiger partial charge in [-0.05, 0) is 41.8 Å². The lowest BCUT2D eigenvalue weighted by Gasteiger charge is -2.29. The van der Waals surface area contributed by atoms with Crippen LogP contribution in [0.4, 0.5) is 0 Å². The van der Waals surface area contributed by atoms with Gasteiger partial charge in [0.05, 0.1) is 31.4 Å². The van der Waals surface area contributed by atoms with Crippen LogP contribution in [0.3, 0.4) is 0 Å². The molecule has 6 nitrogen and oxygen atoms in total. The van der Waals surface area contributed by atoms with Crippen molar-refractivity contribution >= 4 is 23.4 Å². The summed E-state index contributed by atoms with van der Waals surface area (Å²) in [5.41, 5.74) is 2.51. The number of ether oxygens (including phenoxy) is 2. The Morgan fingerprint density at radius 3 is 2.44 bits per heavy atom. The number of amides is 2. The predicted octanol–water partition coefficient (Wildman–Crippen LogP) is 2.67. The van der Waals surface area contributed by atoms with Crippen LogP contribution in [0.5, 0.6) is 11.5 Å². The molecular formula is C20H21ClN2O4. The first-order valence-electron chi connectivity index (χ1n) is 8.57. The van der Waals surface area contributed by atoms with Gasteiger partial charge in [-0.2, -0.15) is 0 Å². The van der Waals surface area contributed by atoms with Gasteiger partial charge in [0.15, 0.2) is 11.5 Å². The van der Waals surface area contributed by atoms with Gasteiger partial charge in [0.2, 0.25) is 5.91 Å². The molecule has 142 valence electrons. The summed E-state index contributed by atoms with van der Waals surface area (Å²) in [6.07, 6.45) is 0.722. The maximum atomic E-state index is 12.5. The summed E-state index contributed by atoms with van der Waals surface area (Å²) >= 11 is 6.01. The van der Waals surface area contributed by atoms with Gasteiger partial charge in [0.1, 0.15) is 0 Å². The van der Waals surface area contributed by atoms with E-state index in [1.165, 1.54) is 0 Å². The van der Waals surface area contributed by atoms with Gasteiger partial charge >= 0.3 is 0 Å². The third-order valence-electron chi connectivity index (χ3n) is 4.59. The standard InChI is InChI=1S/C20H21ClN2O4/c1-26-17-9-13-7-8-23(12-14(13)10-18(17)27-2)19(24)11-22-20(25)15-5-3-4-6-16(15)21/h3-6,9-10H,7-8,11-12H2,1-2H3,(H,22,25). The average molecular weight is 389 g/mol. The summed E-state index contributed by atoms with van der Waals surface area (Å²) in [5, 5.41) is 3.00. The SMILES string of the molecule is COc1cc2c(cc1OC)CN(C(=O)CNC(=O)c1ccccc1Cl)CC2. The molecule has 0 spiro atoms. The molecule has 0 unspecified atom stereocenters. The van der Waals surface area contributed by atoms with Gasteiger partial charge < -0.3 is 19.7 Å². The van der Waals surface area contributed by atoms with Crippen LogP contribution in [0.25, 0.3) is 0 Å². The first-order valence-corrected chi connectivity index (χ1v) is 8.95. The number of hydrogen-bond acceptors (Lipinski definition) is 4. The largest absolute Gasteiger partial charge is 0.493 e. The molecule has 1 heterocycles. The monoisotopic (exact) mass is 388 g/mol. The van der Waals surface area contributed by atoms with Gasteiger partial charge in [-0.15, -0.1) is 0 Å². The first-order chi connectivity index (χ1) is 13.0. The molecule has 0 aromatic heterocycles. The lowest BCUT2D eigenvalue weighted by atomic mass is 9.98. The van der Waals surface area contributed by atoms with E-state index in [9.17, 15) is 9.59 Å². The number of benzene rings is 2. The Bertz CT molecular complexity index is 869. The molecule has 0 radical (unpaired) electrons. The first kappa shape index (κ1) is 19.0. The number of fused-ring (bicyclic) bond motifs is 1. The van der Waals surface area contributed by atoms with E-state index in [1.54, 1.807) is 43.4 Å². The Kier molecular flexibility index (Phi) is 5.86. The Hall–Kier alpha value is -2.73. The van der Waals surface area contributed by atoms with Crippen molar-refractivity contribution in [2.75, 3.05) is 27.3 Å². The fraction of sp³-hybridized carbons (Fsp3) is 0.300. The summed E-state index contributed by atoms with van der Waals surface area (Å²) in [6, 6.07) is 10.6. The molecule has 7 heteroatoms. The highest BCUT2D eigenvalue weighted by molar-refractivity contribution is 6.33. The highest BCUT2D eigenvalue weighted by Gasteiger charge is 2.23. The Morgan fingerprint density at radius 2 is 1.78 bits per heavy atom. The third-order valence-corrected chi connectivity index (χ3v) is 4.92. The van der Waals surface area contributed by atoms with E-state index < -0.39 is 0 Å². The summed E-state index contributed by atoms with van der Waals surface area (Å²) in [5.74, 6) is 0.814. The quantitative estimate of drug-likeness (QED) is 0.855. The summed E-state index contributed by atoms with van der Waals surface area (Å²) in [4.78, 5) is 26.5. The normalized spacial score (nSPS) is 12.9. The van der Waals surface area contributed by atoms with Crippen LogP contribution >= 0.6 is 11.6 Å². The highest BCUT2D eigenvalue weighted by Crippen LogP contribution is 2.33. The number of methoxy groups -OCH3 is 2. The molecule has 1 aliphatic heterocycles. The molecule has 0 bridgehead atoms. The number of nitrogens with one attached hydrogen (secondary N) is 1. The van der Waals surface area contributed by atoms with E-state index in [-0.39, 0.29) is 18.4 Å². The van der Waals surface area contributed by atoms with Gasteiger partial charge in [0, 0.05) is 13.1 Å². The zero-order valence-electron chi connectivity index (χ0n) is 15.3. The molecule has 2 amide bonds. The Morgan fingerprint density at radius 1 is 1.11 bits per heavy atom. The molecule has 2 aromatic carbocycles. The highest BCUT2D eigenvalue weighted by atomic mass is 35.5. The van der Waals surface area contributed by atoms with Crippen molar-refractivity contribution in [3.05, 3.63) is 58.1 Å². The van der Waals surface area contributed by atoms with Crippen molar-refractivity contribution in [2.24, 2.45) is 0 Å². The molecular weight excluding hydrogens is 368 g/mol. The van der Waals surface area contributed by atoms with Crippen molar-refractivity contribution in [2.45, 2.75) is 13.0 Å². The maximum absolute atomic E-state index is 12.5. The molecule has 0 aliphatic carbocycles. The van der Waals surface area contributed by atoms with E-state index >= 15 is 0 Å². The minimum absolute atomic E-state index is 0.0767. The topological polar surface area (TPSA) is 67.9 Å². The lowest BCUT2D eigenvalue weighted by Crippen LogP contribution is -2.42. The second-order valence-corrected chi connectivity index (χ2v) is 6.61. The summed E-state index contributed by atoms with van der Waals surface area (Å²) < 4.78 is 10.7. The van der Waals surface area contributed by atoms with Gasteiger partial charge in [-0.25, -0.2) is 0 Å². The van der Waals surface area contributed by atoms with E-state index in [0.717, 1.165) is 17.5 Å². The van der Waals surface area contributed by atoms with Crippen LogP contribution in [0.15, 0.2) is 36.4 Å². The van der Waals surface area contributed by atoms with Crippen molar-refractivity contribution in [3.8, 4) is 11.5 Å². The van der Waals surface area contributed by atoms with E-state index in [4.69, 9.17) is 21.1 Å². The van der Waals surface area contributed by atoms with Crippen LogP contribution in [-0.4, -0.2) is 44.0 Å². The van der Waals surface area contributed by atoms with Gasteiger partial charge in [-0.1, -0.05) is 23.7 Å². The second-order valence-electron chi connectivity index (χ2n) is 6.20. The Balaban J connectivity index is 1.64. The Labute approximate surface area is 163 Å².